The second-order valence-corrected chi connectivity index (χ2v) is 4.05. The van der Waals surface area contributed by atoms with E-state index in [1.54, 1.807) is 6.07 Å². The molecule has 1 aromatic heterocycles. The Hall–Kier alpha value is -0.910. The molecule has 88 valence electrons. The quantitative estimate of drug-likeness (QED) is 0.793. The lowest BCUT2D eigenvalue weighted by atomic mass is 10.3. The highest BCUT2D eigenvalue weighted by atomic mass is 35.5. The van der Waals surface area contributed by atoms with Gasteiger partial charge in [-0.3, -0.25) is 0 Å². The fourth-order valence-electron chi connectivity index (χ4n) is 1.82. The number of aliphatic hydroxyl groups excluding tert-OH is 1. The number of ether oxygens (including phenoxy) is 1. The zero-order valence-corrected chi connectivity index (χ0v) is 9.76. The third-order valence-electron chi connectivity index (χ3n) is 2.56. The van der Waals surface area contributed by atoms with Crippen molar-refractivity contribution in [2.24, 2.45) is 0 Å². The van der Waals surface area contributed by atoms with Crippen LogP contribution < -0.4 is 4.90 Å². The Morgan fingerprint density at radius 2 is 2.38 bits per heavy atom. The summed E-state index contributed by atoms with van der Waals surface area (Å²) >= 11 is 5.79. The maximum Gasteiger partial charge on any atom is 0.134 e. The molecule has 16 heavy (non-hydrogen) atoms. The fraction of sp³-hybridized carbons (Fsp3) is 0.600. The van der Waals surface area contributed by atoms with Crippen LogP contribution in [0.4, 0.5) is 5.82 Å². The van der Waals surface area contributed by atoms with E-state index in [0.717, 1.165) is 5.82 Å². The molecule has 1 aromatic rings. The largest absolute Gasteiger partial charge is 0.388 e. The minimum atomic E-state index is -0.478. The summed E-state index contributed by atoms with van der Waals surface area (Å²) < 4.78 is 5.43. The van der Waals surface area contributed by atoms with Crippen molar-refractivity contribution in [2.45, 2.75) is 19.1 Å². The van der Waals surface area contributed by atoms with Crippen LogP contribution in [-0.4, -0.2) is 47.0 Å². The van der Waals surface area contributed by atoms with Gasteiger partial charge in [0.1, 0.15) is 23.4 Å². The Kier molecular flexibility index (Phi) is 3.58. The molecule has 1 aliphatic heterocycles. The number of rotatable bonds is 3. The molecule has 1 aliphatic rings. The first-order chi connectivity index (χ1) is 7.70. The molecule has 0 radical (unpaired) electrons. The van der Waals surface area contributed by atoms with Crippen LogP contribution in [0.1, 0.15) is 6.92 Å². The summed E-state index contributed by atoms with van der Waals surface area (Å²) in [4.78, 5) is 9.88. The Balaban J connectivity index is 2.07. The molecule has 0 spiro atoms. The summed E-state index contributed by atoms with van der Waals surface area (Å²) in [6.45, 7) is 3.65. The van der Waals surface area contributed by atoms with Crippen molar-refractivity contribution in [3.8, 4) is 0 Å². The van der Waals surface area contributed by atoms with Crippen molar-refractivity contribution in [1.29, 1.82) is 0 Å². The standard InChI is InChI=1S/C10H14ClN3O2/c1-2-16-8-5-14(4-7(8)15)10-3-9(11)12-6-13-10/h3,6-8,15H,2,4-5H2,1H3. The summed E-state index contributed by atoms with van der Waals surface area (Å²) in [6.07, 6.45) is 0.783. The molecule has 2 unspecified atom stereocenters. The van der Waals surface area contributed by atoms with Crippen LogP contribution in [-0.2, 0) is 4.74 Å². The molecule has 0 saturated carbocycles. The van der Waals surface area contributed by atoms with Gasteiger partial charge in [0.25, 0.3) is 0 Å². The van der Waals surface area contributed by atoms with Gasteiger partial charge in [0.05, 0.1) is 6.10 Å². The van der Waals surface area contributed by atoms with Crippen LogP contribution in [0.25, 0.3) is 0 Å². The Bertz CT molecular complexity index is 364. The van der Waals surface area contributed by atoms with Crippen molar-refractivity contribution in [1.82, 2.24) is 9.97 Å². The number of halogens is 1. The van der Waals surface area contributed by atoms with Crippen molar-refractivity contribution in [2.75, 3.05) is 24.6 Å². The first-order valence-corrected chi connectivity index (χ1v) is 5.60. The van der Waals surface area contributed by atoms with Gasteiger partial charge in [-0.25, -0.2) is 9.97 Å². The number of β-amino-alcohol motifs (C(OH)–C–C–N with tert-alkyl or cyclic N) is 1. The molecule has 2 atom stereocenters. The van der Waals surface area contributed by atoms with Gasteiger partial charge in [-0.05, 0) is 6.92 Å². The summed E-state index contributed by atoms with van der Waals surface area (Å²) in [5, 5.41) is 10.2. The molecule has 1 saturated heterocycles. The molecule has 2 rings (SSSR count). The topological polar surface area (TPSA) is 58.5 Å². The van der Waals surface area contributed by atoms with Crippen LogP contribution in [0.3, 0.4) is 0 Å². The second kappa shape index (κ2) is 4.95. The summed E-state index contributed by atoms with van der Waals surface area (Å²) in [6, 6.07) is 1.68. The monoisotopic (exact) mass is 243 g/mol. The second-order valence-electron chi connectivity index (χ2n) is 3.67. The van der Waals surface area contributed by atoms with E-state index in [4.69, 9.17) is 16.3 Å². The van der Waals surface area contributed by atoms with Gasteiger partial charge in [-0.1, -0.05) is 11.6 Å². The Morgan fingerprint density at radius 1 is 1.56 bits per heavy atom. The summed E-state index contributed by atoms with van der Waals surface area (Å²) in [7, 11) is 0. The average molecular weight is 244 g/mol. The Morgan fingerprint density at radius 3 is 3.06 bits per heavy atom. The summed E-state index contributed by atoms with van der Waals surface area (Å²) in [5.74, 6) is 0.723. The molecule has 5 nitrogen and oxygen atoms in total. The van der Waals surface area contributed by atoms with E-state index >= 15 is 0 Å². The van der Waals surface area contributed by atoms with Gasteiger partial charge >= 0.3 is 0 Å². The van der Waals surface area contributed by atoms with E-state index in [-0.39, 0.29) is 6.10 Å². The van der Waals surface area contributed by atoms with Gasteiger partial charge in [0.2, 0.25) is 0 Å². The molecule has 0 bridgehead atoms. The van der Waals surface area contributed by atoms with Crippen LogP contribution >= 0.6 is 11.6 Å². The van der Waals surface area contributed by atoms with E-state index in [1.807, 2.05) is 11.8 Å². The first kappa shape index (κ1) is 11.6. The van der Waals surface area contributed by atoms with Crippen molar-refractivity contribution in [3.05, 3.63) is 17.5 Å². The molecule has 0 amide bonds. The van der Waals surface area contributed by atoms with E-state index < -0.39 is 6.10 Å². The van der Waals surface area contributed by atoms with Crippen molar-refractivity contribution >= 4 is 17.4 Å². The van der Waals surface area contributed by atoms with Gasteiger partial charge in [-0.2, -0.15) is 0 Å². The fourth-order valence-corrected chi connectivity index (χ4v) is 1.96. The van der Waals surface area contributed by atoms with Gasteiger partial charge in [-0.15, -0.1) is 0 Å². The normalized spacial score (nSPS) is 25.1. The molecule has 0 aromatic carbocycles. The minimum Gasteiger partial charge on any atom is -0.388 e. The lowest BCUT2D eigenvalue weighted by Gasteiger charge is -2.16. The molecule has 6 heteroatoms. The van der Waals surface area contributed by atoms with Gasteiger partial charge in [0.15, 0.2) is 0 Å². The van der Waals surface area contributed by atoms with Gasteiger partial charge in [0, 0.05) is 25.8 Å². The van der Waals surface area contributed by atoms with E-state index in [0.29, 0.717) is 24.8 Å². The summed E-state index contributed by atoms with van der Waals surface area (Å²) in [5.41, 5.74) is 0. The maximum absolute atomic E-state index is 9.78. The average Bonchev–Trinajstić information content (AvgIpc) is 2.61. The van der Waals surface area contributed by atoms with E-state index in [9.17, 15) is 5.11 Å². The van der Waals surface area contributed by atoms with Crippen LogP contribution in [0.15, 0.2) is 12.4 Å². The number of hydrogen-bond donors (Lipinski definition) is 1. The van der Waals surface area contributed by atoms with E-state index in [1.165, 1.54) is 6.33 Å². The van der Waals surface area contributed by atoms with Crippen molar-refractivity contribution < 1.29 is 9.84 Å². The SMILES string of the molecule is CCOC1CN(c2cc(Cl)ncn2)CC1O. The van der Waals surface area contributed by atoms with Gasteiger partial charge < -0.3 is 14.7 Å². The molecule has 0 aliphatic carbocycles. The molecule has 2 heterocycles. The number of anilines is 1. The molecule has 1 fully saturated rings. The van der Waals surface area contributed by atoms with Crippen LogP contribution in [0.5, 0.6) is 0 Å². The number of aromatic nitrogens is 2. The van der Waals surface area contributed by atoms with Crippen LogP contribution in [0.2, 0.25) is 5.15 Å². The third kappa shape index (κ3) is 2.42. The Labute approximate surface area is 99.0 Å². The zero-order chi connectivity index (χ0) is 11.5. The van der Waals surface area contributed by atoms with Crippen molar-refractivity contribution in [3.63, 3.8) is 0 Å². The third-order valence-corrected chi connectivity index (χ3v) is 2.77. The van der Waals surface area contributed by atoms with E-state index in [2.05, 4.69) is 9.97 Å². The highest BCUT2D eigenvalue weighted by Crippen LogP contribution is 2.21. The first-order valence-electron chi connectivity index (χ1n) is 5.23. The smallest absolute Gasteiger partial charge is 0.134 e. The molecule has 1 N–H and O–H groups in total. The van der Waals surface area contributed by atoms with Crippen LogP contribution in [0, 0.1) is 0 Å². The minimum absolute atomic E-state index is 0.154. The highest BCUT2D eigenvalue weighted by molar-refractivity contribution is 6.29. The maximum atomic E-state index is 9.78. The highest BCUT2D eigenvalue weighted by Gasteiger charge is 2.32. The number of aliphatic hydroxyl groups is 1. The lowest BCUT2D eigenvalue weighted by Crippen LogP contribution is -2.26. The lowest BCUT2D eigenvalue weighted by molar-refractivity contribution is -0.00189. The number of hydrogen-bond acceptors (Lipinski definition) is 5. The predicted octanol–water partition coefficient (Wildman–Crippen LogP) is 0.716. The zero-order valence-electron chi connectivity index (χ0n) is 9.01. The molecular formula is C10H14ClN3O2. The predicted molar refractivity (Wildman–Crippen MR) is 60.7 cm³/mol. The molecular weight excluding hydrogens is 230 g/mol. The number of nitrogens with zero attached hydrogens (tertiary/aromatic N) is 3.